The van der Waals surface area contributed by atoms with Crippen molar-refractivity contribution in [3.05, 3.63) is 30.1 Å². The number of pyridine rings is 1. The van der Waals surface area contributed by atoms with E-state index >= 15 is 0 Å². The van der Waals surface area contributed by atoms with Gasteiger partial charge in [0.2, 0.25) is 0 Å². The normalized spacial score (nSPS) is 10.1. The van der Waals surface area contributed by atoms with E-state index in [-0.39, 0.29) is 0 Å². The van der Waals surface area contributed by atoms with Gasteiger partial charge in [-0.1, -0.05) is 0 Å². The Bertz CT molecular complexity index is 450. The zero-order valence-corrected chi connectivity index (χ0v) is 7.12. The second kappa shape index (κ2) is 3.28. The first-order valence-corrected chi connectivity index (χ1v) is 4.20. The summed E-state index contributed by atoms with van der Waals surface area (Å²) in [6.07, 6.45) is 5.03. The Morgan fingerprint density at radius 3 is 3.31 bits per heavy atom. The molecule has 0 aliphatic heterocycles. The van der Waals surface area contributed by atoms with Gasteiger partial charge in [0.15, 0.2) is 0 Å². The van der Waals surface area contributed by atoms with E-state index in [0.717, 1.165) is 17.5 Å². The van der Waals surface area contributed by atoms with Crippen LogP contribution in [0.2, 0.25) is 0 Å². The number of H-pyrrole nitrogens is 1. The van der Waals surface area contributed by atoms with Gasteiger partial charge in [0.1, 0.15) is 5.65 Å². The average Bonchev–Trinajstić information content (AvgIpc) is 2.58. The highest BCUT2D eigenvalue weighted by Gasteiger charge is 2.02. The highest BCUT2D eigenvalue weighted by molar-refractivity contribution is 5.79. The summed E-state index contributed by atoms with van der Waals surface area (Å²) in [7, 11) is 0. The molecule has 0 unspecified atom stereocenters. The molecule has 0 amide bonds. The highest BCUT2D eigenvalue weighted by Crippen LogP contribution is 2.16. The monoisotopic (exact) mass is 171 g/mol. The fourth-order valence-corrected chi connectivity index (χ4v) is 1.41. The zero-order chi connectivity index (χ0) is 9.10. The fraction of sp³-hybridized carbons (Fsp3) is 0.200. The summed E-state index contributed by atoms with van der Waals surface area (Å²) in [5.74, 6) is 0. The number of aromatic amines is 1. The van der Waals surface area contributed by atoms with Crippen LogP contribution in [-0.2, 0) is 6.42 Å². The Morgan fingerprint density at radius 2 is 2.46 bits per heavy atom. The number of hydrogen-bond donors (Lipinski definition) is 1. The largest absolute Gasteiger partial charge is 0.346 e. The molecule has 2 aromatic rings. The van der Waals surface area contributed by atoms with Crippen LogP contribution in [-0.4, -0.2) is 9.97 Å². The van der Waals surface area contributed by atoms with Crippen LogP contribution < -0.4 is 0 Å². The molecule has 0 spiro atoms. The minimum Gasteiger partial charge on any atom is -0.346 e. The van der Waals surface area contributed by atoms with Crippen molar-refractivity contribution >= 4 is 11.0 Å². The summed E-state index contributed by atoms with van der Waals surface area (Å²) in [5, 5.41) is 9.58. The van der Waals surface area contributed by atoms with Crippen molar-refractivity contribution in [2.45, 2.75) is 12.8 Å². The summed E-state index contributed by atoms with van der Waals surface area (Å²) in [4.78, 5) is 7.25. The van der Waals surface area contributed by atoms with Crippen molar-refractivity contribution in [2.75, 3.05) is 0 Å². The van der Waals surface area contributed by atoms with E-state index in [1.165, 1.54) is 5.56 Å². The van der Waals surface area contributed by atoms with Gasteiger partial charge in [-0.3, -0.25) is 0 Å². The lowest BCUT2D eigenvalue weighted by Gasteiger charge is -1.92. The number of fused-ring (bicyclic) bond motifs is 1. The van der Waals surface area contributed by atoms with E-state index in [1.807, 2.05) is 18.3 Å². The highest BCUT2D eigenvalue weighted by atomic mass is 14.8. The van der Waals surface area contributed by atoms with Crippen molar-refractivity contribution in [1.29, 1.82) is 5.26 Å². The summed E-state index contributed by atoms with van der Waals surface area (Å²) in [6, 6.07) is 6.06. The van der Waals surface area contributed by atoms with Crippen molar-refractivity contribution in [3.8, 4) is 6.07 Å². The maximum absolute atomic E-state index is 8.46. The predicted molar refractivity (Wildman–Crippen MR) is 50.0 cm³/mol. The van der Waals surface area contributed by atoms with E-state index in [4.69, 9.17) is 5.26 Å². The van der Waals surface area contributed by atoms with E-state index < -0.39 is 0 Å². The molecular weight excluding hydrogens is 162 g/mol. The molecule has 0 saturated carbocycles. The standard InChI is InChI=1S/C10H9N3/c11-5-1-3-8-7-13-10-9(8)4-2-6-12-10/h2,4,6-7H,1,3H2,(H,12,13). The van der Waals surface area contributed by atoms with Crippen molar-refractivity contribution in [2.24, 2.45) is 0 Å². The summed E-state index contributed by atoms with van der Waals surface area (Å²) in [6.45, 7) is 0. The molecule has 3 heteroatoms. The molecule has 0 bridgehead atoms. The molecule has 0 saturated heterocycles. The predicted octanol–water partition coefficient (Wildman–Crippen LogP) is 2.02. The molecule has 13 heavy (non-hydrogen) atoms. The summed E-state index contributed by atoms with van der Waals surface area (Å²) < 4.78 is 0. The van der Waals surface area contributed by atoms with E-state index in [9.17, 15) is 0 Å². The molecule has 3 nitrogen and oxygen atoms in total. The number of nitrogens with zero attached hydrogens (tertiary/aromatic N) is 2. The number of rotatable bonds is 2. The van der Waals surface area contributed by atoms with Gasteiger partial charge in [-0.2, -0.15) is 5.26 Å². The maximum atomic E-state index is 8.46. The third-order valence-electron chi connectivity index (χ3n) is 2.04. The van der Waals surface area contributed by atoms with E-state index in [1.54, 1.807) is 6.20 Å². The first kappa shape index (κ1) is 7.81. The molecule has 1 N–H and O–H groups in total. The van der Waals surface area contributed by atoms with Crippen LogP contribution in [0.4, 0.5) is 0 Å². The van der Waals surface area contributed by atoms with Crippen LogP contribution in [0.5, 0.6) is 0 Å². The topological polar surface area (TPSA) is 52.5 Å². The number of aromatic nitrogens is 2. The first-order valence-electron chi connectivity index (χ1n) is 4.20. The fourth-order valence-electron chi connectivity index (χ4n) is 1.41. The summed E-state index contributed by atoms with van der Waals surface area (Å²) in [5.41, 5.74) is 2.07. The summed E-state index contributed by atoms with van der Waals surface area (Å²) >= 11 is 0. The smallest absolute Gasteiger partial charge is 0.137 e. The minimum absolute atomic E-state index is 0.557. The maximum Gasteiger partial charge on any atom is 0.137 e. The molecular formula is C10H9N3. The minimum atomic E-state index is 0.557. The van der Waals surface area contributed by atoms with Gasteiger partial charge in [0, 0.05) is 24.2 Å². The van der Waals surface area contributed by atoms with E-state index in [0.29, 0.717) is 6.42 Å². The third-order valence-corrected chi connectivity index (χ3v) is 2.04. The Balaban J connectivity index is 2.41. The van der Waals surface area contributed by atoms with E-state index in [2.05, 4.69) is 16.0 Å². The Kier molecular flexibility index (Phi) is 1.97. The van der Waals surface area contributed by atoms with Crippen LogP contribution in [0.1, 0.15) is 12.0 Å². The number of nitriles is 1. The van der Waals surface area contributed by atoms with Crippen LogP contribution in [0.15, 0.2) is 24.5 Å². The van der Waals surface area contributed by atoms with Gasteiger partial charge in [-0.25, -0.2) is 4.98 Å². The van der Waals surface area contributed by atoms with Crippen molar-refractivity contribution in [3.63, 3.8) is 0 Å². The van der Waals surface area contributed by atoms with Crippen molar-refractivity contribution < 1.29 is 0 Å². The number of aryl methyl sites for hydroxylation is 1. The molecule has 0 aromatic carbocycles. The van der Waals surface area contributed by atoms with Gasteiger partial charge < -0.3 is 4.98 Å². The van der Waals surface area contributed by atoms with Crippen LogP contribution in [0.25, 0.3) is 11.0 Å². The molecule has 0 radical (unpaired) electrons. The van der Waals surface area contributed by atoms with Crippen LogP contribution >= 0.6 is 0 Å². The van der Waals surface area contributed by atoms with Gasteiger partial charge >= 0.3 is 0 Å². The second-order valence-electron chi connectivity index (χ2n) is 2.87. The van der Waals surface area contributed by atoms with Crippen molar-refractivity contribution in [1.82, 2.24) is 9.97 Å². The lowest BCUT2D eigenvalue weighted by molar-refractivity contribution is 1.02. The van der Waals surface area contributed by atoms with Crippen LogP contribution in [0, 0.1) is 11.3 Å². The van der Waals surface area contributed by atoms with Gasteiger partial charge in [-0.15, -0.1) is 0 Å². The van der Waals surface area contributed by atoms with Crippen LogP contribution in [0.3, 0.4) is 0 Å². The second-order valence-corrected chi connectivity index (χ2v) is 2.87. The molecule has 0 aliphatic rings. The average molecular weight is 171 g/mol. The quantitative estimate of drug-likeness (QED) is 0.751. The van der Waals surface area contributed by atoms with Gasteiger partial charge in [0.25, 0.3) is 0 Å². The Labute approximate surface area is 76.0 Å². The molecule has 0 fully saturated rings. The molecule has 0 aliphatic carbocycles. The molecule has 2 heterocycles. The SMILES string of the molecule is N#CCCc1c[nH]c2ncccc12. The third kappa shape index (κ3) is 1.38. The molecule has 2 aromatic heterocycles. The number of hydrogen-bond acceptors (Lipinski definition) is 2. The zero-order valence-electron chi connectivity index (χ0n) is 7.12. The van der Waals surface area contributed by atoms with Gasteiger partial charge in [-0.05, 0) is 24.1 Å². The lowest BCUT2D eigenvalue weighted by Crippen LogP contribution is -1.80. The Morgan fingerprint density at radius 1 is 1.54 bits per heavy atom. The first-order chi connectivity index (χ1) is 6.42. The number of nitrogens with one attached hydrogen (secondary N) is 1. The molecule has 64 valence electrons. The molecule has 0 atom stereocenters. The lowest BCUT2D eigenvalue weighted by atomic mass is 10.1. The molecule has 2 rings (SSSR count). The van der Waals surface area contributed by atoms with Gasteiger partial charge in [0.05, 0.1) is 6.07 Å². The Hall–Kier alpha value is -1.82.